The van der Waals surface area contributed by atoms with Crippen molar-refractivity contribution in [3.05, 3.63) is 72.6 Å². The lowest BCUT2D eigenvalue weighted by Gasteiger charge is -2.20. The van der Waals surface area contributed by atoms with E-state index in [1.165, 1.54) is 30.6 Å². The summed E-state index contributed by atoms with van der Waals surface area (Å²) in [5.74, 6) is 0.912. The highest BCUT2D eigenvalue weighted by atomic mass is 32.2. The van der Waals surface area contributed by atoms with E-state index < -0.39 is 9.84 Å². The predicted octanol–water partition coefficient (Wildman–Crippen LogP) is 4.89. The molecule has 4 aromatic rings. The zero-order valence-electron chi connectivity index (χ0n) is 20.1. The van der Waals surface area contributed by atoms with E-state index in [-0.39, 0.29) is 29.4 Å². The number of sulfone groups is 1. The van der Waals surface area contributed by atoms with Crippen LogP contribution < -0.4 is 14.4 Å². The van der Waals surface area contributed by atoms with E-state index in [1.54, 1.807) is 29.4 Å². The first-order valence-corrected chi connectivity index (χ1v) is 14.0. The van der Waals surface area contributed by atoms with Gasteiger partial charge in [-0.15, -0.1) is 0 Å². The van der Waals surface area contributed by atoms with E-state index >= 15 is 0 Å². The van der Waals surface area contributed by atoms with Gasteiger partial charge >= 0.3 is 0 Å². The smallest absolute Gasteiger partial charge is 0.229 e. The number of hydrogen-bond donors (Lipinski definition) is 0. The molecule has 0 N–H and O–H groups in total. The Morgan fingerprint density at radius 2 is 1.81 bits per heavy atom. The summed E-state index contributed by atoms with van der Waals surface area (Å²) in [5, 5.41) is 0.539. The number of anilines is 1. The molecular formula is C26H27N3O5S2. The van der Waals surface area contributed by atoms with Gasteiger partial charge in [-0.3, -0.25) is 14.7 Å². The van der Waals surface area contributed by atoms with Crippen molar-refractivity contribution in [2.24, 2.45) is 0 Å². The van der Waals surface area contributed by atoms with Gasteiger partial charge in [-0.2, -0.15) is 0 Å². The molecule has 2 heterocycles. The summed E-state index contributed by atoms with van der Waals surface area (Å²) in [7, 11) is -2.00. The summed E-state index contributed by atoms with van der Waals surface area (Å²) in [6, 6.07) is 15.6. The fourth-order valence-electron chi connectivity index (χ4n) is 3.68. The van der Waals surface area contributed by atoms with E-state index in [1.807, 2.05) is 37.3 Å². The van der Waals surface area contributed by atoms with Gasteiger partial charge in [-0.1, -0.05) is 17.4 Å². The Morgan fingerprint density at radius 3 is 2.50 bits per heavy atom. The molecule has 10 heteroatoms. The fraction of sp³-hybridized carbons (Fsp3) is 0.269. The largest absolute Gasteiger partial charge is 0.497 e. The molecule has 0 saturated heterocycles. The molecule has 188 valence electrons. The first-order chi connectivity index (χ1) is 17.4. The van der Waals surface area contributed by atoms with E-state index in [2.05, 4.69) is 4.98 Å². The lowest BCUT2D eigenvalue weighted by Crippen LogP contribution is -2.30. The van der Waals surface area contributed by atoms with Gasteiger partial charge < -0.3 is 9.47 Å². The molecule has 8 nitrogen and oxygen atoms in total. The van der Waals surface area contributed by atoms with Crippen molar-refractivity contribution < 1.29 is 22.7 Å². The van der Waals surface area contributed by atoms with Crippen molar-refractivity contribution in [3.8, 4) is 11.5 Å². The third-order valence-electron chi connectivity index (χ3n) is 5.51. The number of methoxy groups -OCH3 is 1. The zero-order chi connectivity index (χ0) is 25.5. The third-order valence-corrected chi connectivity index (χ3v) is 8.37. The minimum atomic E-state index is -3.53. The lowest BCUT2D eigenvalue weighted by molar-refractivity contribution is -0.118. The van der Waals surface area contributed by atoms with E-state index in [4.69, 9.17) is 14.5 Å². The van der Waals surface area contributed by atoms with Crippen LogP contribution in [-0.4, -0.2) is 43.8 Å². The van der Waals surface area contributed by atoms with Gasteiger partial charge in [0.15, 0.2) is 15.0 Å². The summed E-state index contributed by atoms with van der Waals surface area (Å²) >= 11 is 1.40. The van der Waals surface area contributed by atoms with Gasteiger partial charge in [0.2, 0.25) is 5.91 Å². The molecule has 0 aliphatic carbocycles. The number of amides is 1. The number of thiazole rings is 1. The Hall–Kier alpha value is -3.50. The van der Waals surface area contributed by atoms with Crippen LogP contribution in [0.1, 0.15) is 25.3 Å². The van der Waals surface area contributed by atoms with Crippen LogP contribution in [0.15, 0.2) is 71.9 Å². The summed E-state index contributed by atoms with van der Waals surface area (Å²) in [6.07, 6.45) is 3.60. The summed E-state index contributed by atoms with van der Waals surface area (Å²) in [4.78, 5) is 24.0. The normalized spacial score (nSPS) is 11.4. The molecule has 4 rings (SSSR count). The maximum Gasteiger partial charge on any atom is 0.229 e. The Kier molecular flexibility index (Phi) is 8.17. The fourth-order valence-corrected chi connectivity index (χ4v) is 5.99. The van der Waals surface area contributed by atoms with Crippen molar-refractivity contribution in [3.63, 3.8) is 0 Å². The molecule has 0 bridgehead atoms. The Balaban J connectivity index is 1.53. The highest BCUT2D eigenvalue weighted by molar-refractivity contribution is 7.91. The predicted molar refractivity (Wildman–Crippen MR) is 140 cm³/mol. The van der Waals surface area contributed by atoms with Crippen LogP contribution in [-0.2, 0) is 21.2 Å². The minimum Gasteiger partial charge on any atom is -0.497 e. The summed E-state index contributed by atoms with van der Waals surface area (Å²) < 4.78 is 37.2. The molecule has 0 aliphatic rings. The number of benzene rings is 2. The number of ether oxygens (including phenoxy) is 2. The van der Waals surface area contributed by atoms with Crippen molar-refractivity contribution in [2.75, 3.05) is 24.4 Å². The van der Waals surface area contributed by atoms with Crippen molar-refractivity contribution in [1.82, 2.24) is 9.97 Å². The van der Waals surface area contributed by atoms with Crippen LogP contribution in [0.4, 0.5) is 5.13 Å². The molecule has 0 unspecified atom stereocenters. The average Bonchev–Trinajstić information content (AvgIpc) is 3.33. The minimum absolute atomic E-state index is 0.0642. The van der Waals surface area contributed by atoms with E-state index in [0.29, 0.717) is 35.3 Å². The molecule has 0 spiro atoms. The number of fused-ring (bicyclic) bond motifs is 1. The number of carbonyl (C=O) groups excluding carboxylic acids is 1. The van der Waals surface area contributed by atoms with Crippen molar-refractivity contribution in [1.29, 1.82) is 0 Å². The molecule has 0 saturated carbocycles. The molecule has 2 aromatic carbocycles. The zero-order valence-corrected chi connectivity index (χ0v) is 21.7. The quantitative estimate of drug-likeness (QED) is 0.275. The van der Waals surface area contributed by atoms with Crippen LogP contribution in [0.5, 0.6) is 11.5 Å². The van der Waals surface area contributed by atoms with Gasteiger partial charge in [0.1, 0.15) is 17.0 Å². The van der Waals surface area contributed by atoms with E-state index in [0.717, 1.165) is 10.3 Å². The van der Waals surface area contributed by atoms with Gasteiger partial charge in [0, 0.05) is 18.8 Å². The maximum absolute atomic E-state index is 13.4. The Bertz CT molecular complexity index is 1420. The Morgan fingerprint density at radius 1 is 1.06 bits per heavy atom. The summed E-state index contributed by atoms with van der Waals surface area (Å²) in [6.45, 7) is 2.72. The van der Waals surface area contributed by atoms with Crippen LogP contribution in [0.25, 0.3) is 10.2 Å². The SMILES string of the molecule is CCOc1cccc2sc(N(Cc3ccncc3)C(=O)CCCS(=O)(=O)c3ccc(OC)cc3)nc12. The molecule has 1 amide bonds. The highest BCUT2D eigenvalue weighted by Crippen LogP contribution is 2.35. The topological polar surface area (TPSA) is 98.7 Å². The van der Waals surface area contributed by atoms with Gasteiger partial charge in [-0.25, -0.2) is 13.4 Å². The Labute approximate surface area is 214 Å². The maximum atomic E-state index is 13.4. The van der Waals surface area contributed by atoms with Crippen molar-refractivity contribution >= 4 is 42.4 Å². The van der Waals surface area contributed by atoms with Crippen LogP contribution >= 0.6 is 11.3 Å². The standard InChI is InChI=1S/C26H27N3O5S2/c1-3-34-22-6-4-7-23-25(22)28-26(35-23)29(18-19-13-15-27-16-14-19)24(30)8-5-17-36(31,32)21-11-9-20(33-2)10-12-21/h4,6-7,9-16H,3,5,8,17-18H2,1-2H3. The van der Waals surface area contributed by atoms with Gasteiger partial charge in [0.05, 0.1) is 35.6 Å². The van der Waals surface area contributed by atoms with E-state index in [9.17, 15) is 13.2 Å². The number of rotatable bonds is 11. The van der Waals surface area contributed by atoms with Crippen LogP contribution in [0.3, 0.4) is 0 Å². The lowest BCUT2D eigenvalue weighted by atomic mass is 10.2. The number of nitrogens with zero attached hydrogens (tertiary/aromatic N) is 3. The number of para-hydroxylation sites is 1. The van der Waals surface area contributed by atoms with Crippen LogP contribution in [0.2, 0.25) is 0 Å². The monoisotopic (exact) mass is 525 g/mol. The molecule has 36 heavy (non-hydrogen) atoms. The second kappa shape index (κ2) is 11.5. The number of aromatic nitrogens is 2. The molecule has 2 aromatic heterocycles. The molecule has 0 radical (unpaired) electrons. The molecule has 0 fully saturated rings. The first kappa shape index (κ1) is 25.6. The van der Waals surface area contributed by atoms with Crippen LogP contribution in [0, 0.1) is 0 Å². The first-order valence-electron chi connectivity index (χ1n) is 11.5. The second-order valence-corrected chi connectivity index (χ2v) is 11.1. The molecule has 0 aliphatic heterocycles. The number of pyridine rings is 1. The van der Waals surface area contributed by atoms with Crippen molar-refractivity contribution in [2.45, 2.75) is 31.2 Å². The third kappa shape index (κ3) is 6.00. The average molecular weight is 526 g/mol. The highest BCUT2D eigenvalue weighted by Gasteiger charge is 2.23. The second-order valence-electron chi connectivity index (χ2n) is 7.97. The van der Waals surface area contributed by atoms with Gasteiger partial charge in [0.25, 0.3) is 0 Å². The molecular weight excluding hydrogens is 498 g/mol. The van der Waals surface area contributed by atoms with Gasteiger partial charge in [-0.05, 0) is 67.4 Å². The number of hydrogen-bond acceptors (Lipinski definition) is 8. The summed E-state index contributed by atoms with van der Waals surface area (Å²) in [5.41, 5.74) is 1.60. The number of carbonyl (C=O) groups is 1. The molecule has 0 atom stereocenters.